The molecule has 0 bridgehead atoms. The van der Waals surface area contributed by atoms with Crippen molar-refractivity contribution in [3.8, 4) is 17.6 Å². The van der Waals surface area contributed by atoms with Gasteiger partial charge in [-0.25, -0.2) is 0 Å². The average molecular weight is 389 g/mol. The van der Waals surface area contributed by atoms with Gasteiger partial charge in [-0.1, -0.05) is 22.4 Å². The normalized spacial score (nSPS) is 14.6. The summed E-state index contributed by atoms with van der Waals surface area (Å²) in [6, 6.07) is 5.44. The number of halogens is 1. The van der Waals surface area contributed by atoms with Crippen molar-refractivity contribution < 1.29 is 9.84 Å². The number of aryl methyl sites for hydroxylation is 1. The highest BCUT2D eigenvalue weighted by Gasteiger charge is 2.18. The summed E-state index contributed by atoms with van der Waals surface area (Å²) in [5, 5.41) is 27.9. The van der Waals surface area contributed by atoms with E-state index < -0.39 is 0 Å². The van der Waals surface area contributed by atoms with Crippen molar-refractivity contribution in [3.05, 3.63) is 33.8 Å². The number of phenols is 1. The summed E-state index contributed by atoms with van der Waals surface area (Å²) < 4.78 is 7.84. The first-order valence-corrected chi connectivity index (χ1v) is 8.54. The van der Waals surface area contributed by atoms with Crippen molar-refractivity contribution in [2.45, 2.75) is 32.2 Å². The molecule has 1 aliphatic heterocycles. The van der Waals surface area contributed by atoms with Crippen molar-refractivity contribution in [3.63, 3.8) is 0 Å². The fraction of sp³-hybridized carbons (Fsp3) is 0.353. The molecule has 24 heavy (non-hydrogen) atoms. The van der Waals surface area contributed by atoms with E-state index in [-0.39, 0.29) is 5.75 Å². The first-order chi connectivity index (χ1) is 11.6. The van der Waals surface area contributed by atoms with Gasteiger partial charge in [0.05, 0.1) is 12.7 Å². The summed E-state index contributed by atoms with van der Waals surface area (Å²) in [4.78, 5) is 0. The number of nitriles is 1. The Morgan fingerprint density at radius 1 is 1.38 bits per heavy atom. The molecule has 0 aliphatic carbocycles. The lowest BCUT2D eigenvalue weighted by atomic mass is 10.1. The second kappa shape index (κ2) is 7.05. The van der Waals surface area contributed by atoms with Crippen LogP contribution in [0.3, 0.4) is 0 Å². The van der Waals surface area contributed by atoms with Gasteiger partial charge in [0.1, 0.15) is 11.9 Å². The molecule has 3 rings (SSSR count). The minimum atomic E-state index is 0.0383. The molecule has 0 fully saturated rings. The number of ether oxygens (including phenoxy) is 1. The number of rotatable bonds is 3. The Morgan fingerprint density at radius 3 is 2.96 bits per heavy atom. The molecule has 1 aromatic heterocycles. The number of fused-ring (bicyclic) bond motifs is 1. The fourth-order valence-electron chi connectivity index (χ4n) is 2.82. The topological polar surface area (TPSA) is 84.0 Å². The van der Waals surface area contributed by atoms with Gasteiger partial charge in [-0.2, -0.15) is 5.26 Å². The highest BCUT2D eigenvalue weighted by molar-refractivity contribution is 9.10. The van der Waals surface area contributed by atoms with E-state index >= 15 is 0 Å². The van der Waals surface area contributed by atoms with E-state index in [1.807, 2.05) is 4.57 Å². The minimum Gasteiger partial charge on any atom is -0.504 e. The molecule has 0 saturated heterocycles. The second-order valence-electron chi connectivity index (χ2n) is 5.62. The second-order valence-corrected chi connectivity index (χ2v) is 6.47. The van der Waals surface area contributed by atoms with E-state index in [1.54, 1.807) is 18.2 Å². The van der Waals surface area contributed by atoms with Gasteiger partial charge in [-0.05, 0) is 36.6 Å². The van der Waals surface area contributed by atoms with Crippen molar-refractivity contribution in [2.75, 3.05) is 7.11 Å². The summed E-state index contributed by atoms with van der Waals surface area (Å²) in [5.41, 5.74) is 1.16. The molecule has 0 radical (unpaired) electrons. The van der Waals surface area contributed by atoms with Gasteiger partial charge in [0, 0.05) is 17.4 Å². The number of methoxy groups -OCH3 is 1. The average Bonchev–Trinajstić information content (AvgIpc) is 2.82. The van der Waals surface area contributed by atoms with Crippen LogP contribution in [0, 0.1) is 11.3 Å². The maximum Gasteiger partial charge on any atom is 0.174 e. The zero-order valence-electron chi connectivity index (χ0n) is 13.3. The Kier molecular flexibility index (Phi) is 4.86. The van der Waals surface area contributed by atoms with Crippen LogP contribution in [0.4, 0.5) is 0 Å². The lowest BCUT2D eigenvalue weighted by Gasteiger charge is -2.08. The van der Waals surface area contributed by atoms with Crippen molar-refractivity contribution in [2.24, 2.45) is 0 Å². The molecule has 0 saturated carbocycles. The van der Waals surface area contributed by atoms with E-state index in [0.717, 1.165) is 43.6 Å². The molecule has 1 aliphatic rings. The molecular formula is C17H17BrN4O2. The number of aromatic hydroxyl groups is 1. The maximum absolute atomic E-state index is 9.81. The summed E-state index contributed by atoms with van der Waals surface area (Å²) in [6.45, 7) is 0.830. The number of phenolic OH excluding ortho intramolecular Hbond substituents is 1. The number of hydrogen-bond acceptors (Lipinski definition) is 5. The number of aromatic nitrogens is 3. The molecule has 0 unspecified atom stereocenters. The molecule has 0 spiro atoms. The van der Waals surface area contributed by atoms with Gasteiger partial charge >= 0.3 is 0 Å². The van der Waals surface area contributed by atoms with E-state index in [9.17, 15) is 10.4 Å². The SMILES string of the molecule is COc1cc(C=C(C#N)c2nnc3n2CCCCC3)c(Br)cc1O. The molecule has 1 N–H and O–H groups in total. The monoisotopic (exact) mass is 388 g/mol. The van der Waals surface area contributed by atoms with Crippen LogP contribution in [0.15, 0.2) is 16.6 Å². The van der Waals surface area contributed by atoms with E-state index in [4.69, 9.17) is 4.74 Å². The summed E-state index contributed by atoms with van der Waals surface area (Å²) in [5.74, 6) is 1.91. The van der Waals surface area contributed by atoms with Gasteiger partial charge < -0.3 is 14.4 Å². The van der Waals surface area contributed by atoms with Crippen LogP contribution in [0.1, 0.15) is 36.5 Å². The Labute approximate surface area is 148 Å². The Morgan fingerprint density at radius 2 is 2.21 bits per heavy atom. The number of hydrogen-bond donors (Lipinski definition) is 1. The van der Waals surface area contributed by atoms with Crippen molar-refractivity contribution >= 4 is 27.6 Å². The molecular weight excluding hydrogens is 372 g/mol. The first-order valence-electron chi connectivity index (χ1n) is 7.74. The van der Waals surface area contributed by atoms with Gasteiger partial charge in [0.15, 0.2) is 17.3 Å². The van der Waals surface area contributed by atoms with Crippen LogP contribution in [0.2, 0.25) is 0 Å². The third-order valence-electron chi connectivity index (χ3n) is 4.07. The summed E-state index contributed by atoms with van der Waals surface area (Å²) >= 11 is 3.41. The molecule has 6 nitrogen and oxygen atoms in total. The number of allylic oxidation sites excluding steroid dienone is 1. The fourth-order valence-corrected chi connectivity index (χ4v) is 3.27. The molecule has 7 heteroatoms. The lowest BCUT2D eigenvalue weighted by molar-refractivity contribution is 0.373. The van der Waals surface area contributed by atoms with Crippen LogP contribution in [0.25, 0.3) is 11.6 Å². The third kappa shape index (κ3) is 3.15. The van der Waals surface area contributed by atoms with Crippen LogP contribution in [0.5, 0.6) is 11.5 Å². The van der Waals surface area contributed by atoms with E-state index in [0.29, 0.717) is 21.6 Å². The lowest BCUT2D eigenvalue weighted by Crippen LogP contribution is -2.05. The molecule has 2 aromatic rings. The largest absolute Gasteiger partial charge is 0.504 e. The van der Waals surface area contributed by atoms with E-state index in [2.05, 4.69) is 32.2 Å². The molecule has 1 aromatic carbocycles. The predicted octanol–water partition coefficient (Wildman–Crippen LogP) is 3.55. The highest BCUT2D eigenvalue weighted by atomic mass is 79.9. The first kappa shape index (κ1) is 16.5. The maximum atomic E-state index is 9.81. The minimum absolute atomic E-state index is 0.0383. The molecule has 0 amide bonds. The molecule has 0 atom stereocenters. The zero-order valence-corrected chi connectivity index (χ0v) is 14.9. The summed E-state index contributed by atoms with van der Waals surface area (Å²) in [7, 11) is 1.49. The van der Waals surface area contributed by atoms with Crippen LogP contribution >= 0.6 is 15.9 Å². The highest BCUT2D eigenvalue weighted by Crippen LogP contribution is 2.34. The number of benzene rings is 1. The van der Waals surface area contributed by atoms with Crippen molar-refractivity contribution in [1.29, 1.82) is 5.26 Å². The zero-order chi connectivity index (χ0) is 17.1. The molecule has 124 valence electrons. The Bertz CT molecular complexity index is 836. The summed E-state index contributed by atoms with van der Waals surface area (Å²) in [6.07, 6.45) is 5.95. The standard InChI is InChI=1S/C17H17BrN4O2/c1-24-15-8-11(13(18)9-14(15)23)7-12(10-19)17-21-20-16-5-3-2-4-6-22(16)17/h7-9,23H,2-6H2,1H3. The Balaban J connectivity index is 2.06. The van der Waals surface area contributed by atoms with Crippen molar-refractivity contribution in [1.82, 2.24) is 14.8 Å². The van der Waals surface area contributed by atoms with Gasteiger partial charge in [0.2, 0.25) is 0 Å². The predicted molar refractivity (Wildman–Crippen MR) is 93.4 cm³/mol. The van der Waals surface area contributed by atoms with Crippen LogP contribution in [-0.2, 0) is 13.0 Å². The van der Waals surface area contributed by atoms with E-state index in [1.165, 1.54) is 7.11 Å². The van der Waals surface area contributed by atoms with Crippen LogP contribution < -0.4 is 4.74 Å². The third-order valence-corrected chi connectivity index (χ3v) is 4.76. The molecule has 2 heterocycles. The Hall–Kier alpha value is -2.33. The quantitative estimate of drug-likeness (QED) is 0.812. The smallest absolute Gasteiger partial charge is 0.174 e. The number of nitrogens with zero attached hydrogens (tertiary/aromatic N) is 4. The van der Waals surface area contributed by atoms with Crippen LogP contribution in [-0.4, -0.2) is 27.0 Å². The van der Waals surface area contributed by atoms with Gasteiger partial charge in [-0.3, -0.25) is 0 Å². The van der Waals surface area contributed by atoms with Gasteiger partial charge in [0.25, 0.3) is 0 Å². The van der Waals surface area contributed by atoms with Gasteiger partial charge in [-0.15, -0.1) is 10.2 Å².